The number of methoxy groups -OCH3 is 1. The van der Waals surface area contributed by atoms with Crippen molar-refractivity contribution in [3.8, 4) is 0 Å². The monoisotopic (exact) mass is 231 g/mol. The number of benzene rings is 1. The Morgan fingerprint density at radius 2 is 2.06 bits per heavy atom. The van der Waals surface area contributed by atoms with E-state index in [1.807, 2.05) is 24.3 Å². The normalized spacial score (nSPS) is 18.3. The van der Waals surface area contributed by atoms with Gasteiger partial charge in [0.1, 0.15) is 6.10 Å². The molecule has 0 saturated heterocycles. The number of carbonyl (C=O) groups excluding carboxylic acids is 1. The molecule has 0 bridgehead atoms. The third-order valence-corrected chi connectivity index (χ3v) is 3.05. The zero-order valence-corrected chi connectivity index (χ0v) is 10.4. The van der Waals surface area contributed by atoms with E-state index in [1.54, 1.807) is 26.1 Å². The number of nitrogens with zero attached hydrogens (tertiary/aromatic N) is 1. The third kappa shape index (κ3) is 2.11. The summed E-state index contributed by atoms with van der Waals surface area (Å²) < 4.78 is 5.49. The first kappa shape index (κ1) is 11.9. The molecule has 1 atom stereocenters. The van der Waals surface area contributed by atoms with Crippen LogP contribution in [-0.4, -0.2) is 32.0 Å². The molecule has 1 aliphatic rings. The lowest BCUT2D eigenvalue weighted by Crippen LogP contribution is -2.29. The zero-order chi connectivity index (χ0) is 12.4. The smallest absolute Gasteiger partial charge is 0.251 e. The highest BCUT2D eigenvalue weighted by molar-refractivity contribution is 5.94. The van der Waals surface area contributed by atoms with Crippen LogP contribution in [0.1, 0.15) is 17.2 Å². The molecule has 2 rings (SSSR count). The molecular formula is C14H17NO2. The average molecular weight is 231 g/mol. The van der Waals surface area contributed by atoms with Gasteiger partial charge in [0.25, 0.3) is 5.91 Å². The minimum absolute atomic E-state index is 0.0198. The number of hydrogen-bond acceptors (Lipinski definition) is 2. The van der Waals surface area contributed by atoms with Crippen LogP contribution < -0.4 is 0 Å². The fraction of sp³-hybridized carbons (Fsp3) is 0.357. The molecule has 1 aromatic carbocycles. The van der Waals surface area contributed by atoms with E-state index in [-0.39, 0.29) is 12.0 Å². The maximum absolute atomic E-state index is 12.1. The fourth-order valence-corrected chi connectivity index (χ4v) is 2.18. The molecule has 3 heteroatoms. The van der Waals surface area contributed by atoms with Crippen LogP contribution in [0.25, 0.3) is 0 Å². The van der Waals surface area contributed by atoms with Crippen molar-refractivity contribution in [1.82, 2.24) is 4.90 Å². The minimum Gasteiger partial charge on any atom is -0.372 e. The van der Waals surface area contributed by atoms with Gasteiger partial charge in [-0.05, 0) is 17.5 Å². The SMILES string of the molecule is COC1C(C(=O)N(C)C)=CCc2ccccc21. The van der Waals surface area contributed by atoms with E-state index in [9.17, 15) is 4.79 Å². The Labute approximate surface area is 102 Å². The lowest BCUT2D eigenvalue weighted by molar-refractivity contribution is -0.126. The van der Waals surface area contributed by atoms with Crippen LogP contribution in [0.15, 0.2) is 35.9 Å². The quantitative estimate of drug-likeness (QED) is 0.778. The van der Waals surface area contributed by atoms with Crippen molar-refractivity contribution in [3.05, 3.63) is 47.0 Å². The van der Waals surface area contributed by atoms with E-state index in [0.29, 0.717) is 0 Å². The summed E-state index contributed by atoms with van der Waals surface area (Å²) in [5.41, 5.74) is 3.06. The van der Waals surface area contributed by atoms with Crippen LogP contribution in [0.3, 0.4) is 0 Å². The van der Waals surface area contributed by atoms with Crippen molar-refractivity contribution in [2.24, 2.45) is 0 Å². The van der Waals surface area contributed by atoms with Gasteiger partial charge < -0.3 is 9.64 Å². The summed E-state index contributed by atoms with van der Waals surface area (Å²) in [6.07, 6.45) is 2.53. The second-order valence-corrected chi connectivity index (χ2v) is 4.38. The summed E-state index contributed by atoms with van der Waals surface area (Å²) in [6.45, 7) is 0. The molecule has 0 spiro atoms. The van der Waals surface area contributed by atoms with Crippen LogP contribution >= 0.6 is 0 Å². The van der Waals surface area contributed by atoms with Gasteiger partial charge in [0.15, 0.2) is 0 Å². The molecule has 0 saturated carbocycles. The van der Waals surface area contributed by atoms with E-state index in [1.165, 1.54) is 5.56 Å². The van der Waals surface area contributed by atoms with Crippen molar-refractivity contribution in [2.45, 2.75) is 12.5 Å². The number of amides is 1. The Balaban J connectivity index is 2.39. The third-order valence-electron chi connectivity index (χ3n) is 3.05. The van der Waals surface area contributed by atoms with E-state index < -0.39 is 0 Å². The van der Waals surface area contributed by atoms with Gasteiger partial charge >= 0.3 is 0 Å². The molecule has 0 fully saturated rings. The van der Waals surface area contributed by atoms with E-state index in [4.69, 9.17) is 4.74 Å². The van der Waals surface area contributed by atoms with Gasteiger partial charge in [0.2, 0.25) is 0 Å². The standard InChI is InChI=1S/C14H17NO2/c1-15(2)14(16)12-9-8-10-6-4-5-7-11(10)13(12)17-3/h4-7,9,13H,8H2,1-3H3. The molecule has 0 aliphatic heterocycles. The van der Waals surface area contributed by atoms with Crippen molar-refractivity contribution >= 4 is 5.91 Å². The molecule has 0 heterocycles. The molecule has 1 unspecified atom stereocenters. The number of likely N-dealkylation sites (N-methyl/N-ethyl adjacent to an activating group) is 1. The molecule has 1 aliphatic carbocycles. The van der Waals surface area contributed by atoms with Crippen molar-refractivity contribution in [2.75, 3.05) is 21.2 Å². The van der Waals surface area contributed by atoms with Crippen LogP contribution in [0, 0.1) is 0 Å². The highest BCUT2D eigenvalue weighted by Gasteiger charge is 2.28. The predicted molar refractivity (Wildman–Crippen MR) is 66.7 cm³/mol. The summed E-state index contributed by atoms with van der Waals surface area (Å²) in [5.74, 6) is 0.0198. The zero-order valence-electron chi connectivity index (χ0n) is 10.4. The highest BCUT2D eigenvalue weighted by Crippen LogP contribution is 2.33. The van der Waals surface area contributed by atoms with Crippen LogP contribution in [0.2, 0.25) is 0 Å². The Bertz CT molecular complexity index is 463. The summed E-state index contributed by atoms with van der Waals surface area (Å²) >= 11 is 0. The molecule has 17 heavy (non-hydrogen) atoms. The topological polar surface area (TPSA) is 29.5 Å². The van der Waals surface area contributed by atoms with Crippen LogP contribution in [-0.2, 0) is 16.0 Å². The summed E-state index contributed by atoms with van der Waals surface area (Å²) in [5, 5.41) is 0. The number of carbonyl (C=O) groups is 1. The average Bonchev–Trinajstić information content (AvgIpc) is 2.36. The Morgan fingerprint density at radius 3 is 2.71 bits per heavy atom. The molecule has 0 radical (unpaired) electrons. The number of allylic oxidation sites excluding steroid dienone is 1. The van der Waals surface area contributed by atoms with Crippen molar-refractivity contribution in [1.29, 1.82) is 0 Å². The first-order valence-electron chi connectivity index (χ1n) is 5.67. The van der Waals surface area contributed by atoms with Crippen molar-refractivity contribution in [3.63, 3.8) is 0 Å². The summed E-state index contributed by atoms with van der Waals surface area (Å²) in [7, 11) is 5.16. The molecule has 90 valence electrons. The van der Waals surface area contributed by atoms with Gasteiger partial charge in [-0.25, -0.2) is 0 Å². The van der Waals surface area contributed by atoms with Gasteiger partial charge in [0.05, 0.1) is 0 Å². The van der Waals surface area contributed by atoms with Crippen molar-refractivity contribution < 1.29 is 9.53 Å². The number of fused-ring (bicyclic) bond motifs is 1. The Kier molecular flexibility index (Phi) is 3.29. The Hall–Kier alpha value is -1.61. The maximum Gasteiger partial charge on any atom is 0.251 e. The van der Waals surface area contributed by atoms with E-state index >= 15 is 0 Å². The van der Waals surface area contributed by atoms with Gasteiger partial charge in [-0.3, -0.25) is 4.79 Å². The summed E-state index contributed by atoms with van der Waals surface area (Å²) in [4.78, 5) is 13.6. The first-order chi connectivity index (χ1) is 8.15. The molecule has 1 aromatic rings. The van der Waals surface area contributed by atoms with Gasteiger partial charge in [-0.2, -0.15) is 0 Å². The van der Waals surface area contributed by atoms with Crippen LogP contribution in [0.4, 0.5) is 0 Å². The minimum atomic E-state index is -0.241. The number of hydrogen-bond donors (Lipinski definition) is 0. The van der Waals surface area contributed by atoms with Gasteiger partial charge in [-0.1, -0.05) is 30.3 Å². The largest absolute Gasteiger partial charge is 0.372 e. The second kappa shape index (κ2) is 4.72. The molecular weight excluding hydrogens is 214 g/mol. The predicted octanol–water partition coefficient (Wildman–Crippen LogP) is 1.94. The molecule has 0 aromatic heterocycles. The van der Waals surface area contributed by atoms with Gasteiger partial charge in [-0.15, -0.1) is 0 Å². The van der Waals surface area contributed by atoms with E-state index in [2.05, 4.69) is 6.07 Å². The Morgan fingerprint density at radius 1 is 1.35 bits per heavy atom. The van der Waals surface area contributed by atoms with E-state index in [0.717, 1.165) is 17.6 Å². The number of ether oxygens (including phenoxy) is 1. The molecule has 0 N–H and O–H groups in total. The first-order valence-corrected chi connectivity index (χ1v) is 5.67. The highest BCUT2D eigenvalue weighted by atomic mass is 16.5. The fourth-order valence-electron chi connectivity index (χ4n) is 2.18. The number of rotatable bonds is 2. The van der Waals surface area contributed by atoms with Crippen LogP contribution in [0.5, 0.6) is 0 Å². The maximum atomic E-state index is 12.1. The second-order valence-electron chi connectivity index (χ2n) is 4.38. The molecule has 1 amide bonds. The molecule has 3 nitrogen and oxygen atoms in total. The lowest BCUT2D eigenvalue weighted by atomic mass is 9.88. The lowest BCUT2D eigenvalue weighted by Gasteiger charge is -2.26. The van der Waals surface area contributed by atoms with Gasteiger partial charge in [0, 0.05) is 26.8 Å². The summed E-state index contributed by atoms with van der Waals surface area (Å²) in [6, 6.07) is 8.10.